The Hall–Kier alpha value is -1.96. The maximum atomic E-state index is 10.8. The van der Waals surface area contributed by atoms with Gasteiger partial charge in [0.1, 0.15) is 5.76 Å². The van der Waals surface area contributed by atoms with E-state index in [1.54, 1.807) is 29.6 Å². The first kappa shape index (κ1) is 13.5. The number of furan rings is 1. The molecule has 2 rings (SSSR count). The molecular weight excluding hydrogens is 268 g/mol. The number of nitrogens with zero attached hydrogens (tertiary/aromatic N) is 3. The fourth-order valence-corrected chi connectivity index (χ4v) is 2.32. The monoisotopic (exact) mass is 282 g/mol. The van der Waals surface area contributed by atoms with E-state index in [1.807, 2.05) is 12.1 Å². The normalized spacial score (nSPS) is 10.6. The Labute approximate surface area is 114 Å². The molecule has 2 aromatic heterocycles. The molecule has 0 atom stereocenters. The van der Waals surface area contributed by atoms with Gasteiger partial charge in [-0.3, -0.25) is 4.57 Å². The van der Waals surface area contributed by atoms with Crippen LogP contribution in [0.25, 0.3) is 0 Å². The van der Waals surface area contributed by atoms with Gasteiger partial charge in [-0.2, -0.15) is 11.8 Å². The van der Waals surface area contributed by atoms with E-state index >= 15 is 0 Å². The Morgan fingerprint density at radius 1 is 1.63 bits per heavy atom. The standard InChI is InChI=1S/C11H14N4O3S/c1-14-8-13-11(15(16)17)10(14)12-4-6-19-7-9-3-2-5-18-9/h2-3,5,8,12H,4,6-7H2,1H3. The second-order valence-corrected chi connectivity index (χ2v) is 4.95. The summed E-state index contributed by atoms with van der Waals surface area (Å²) in [6, 6.07) is 3.78. The lowest BCUT2D eigenvalue weighted by Gasteiger charge is -2.05. The molecule has 0 spiro atoms. The molecule has 8 heteroatoms. The van der Waals surface area contributed by atoms with Crippen LogP contribution in [0.3, 0.4) is 0 Å². The molecule has 2 heterocycles. The Bertz CT molecular complexity index is 538. The van der Waals surface area contributed by atoms with Crippen LogP contribution in [-0.4, -0.2) is 26.8 Å². The zero-order valence-electron chi connectivity index (χ0n) is 10.4. The summed E-state index contributed by atoms with van der Waals surface area (Å²) < 4.78 is 6.82. The molecular formula is C11H14N4O3S. The van der Waals surface area contributed by atoms with Gasteiger partial charge in [-0.15, -0.1) is 0 Å². The van der Waals surface area contributed by atoms with Crippen LogP contribution >= 0.6 is 11.8 Å². The van der Waals surface area contributed by atoms with Crippen molar-refractivity contribution in [2.45, 2.75) is 5.75 Å². The zero-order chi connectivity index (χ0) is 13.7. The lowest BCUT2D eigenvalue weighted by molar-refractivity contribution is -0.388. The van der Waals surface area contributed by atoms with Gasteiger partial charge >= 0.3 is 5.82 Å². The second kappa shape index (κ2) is 6.28. The van der Waals surface area contributed by atoms with Crippen molar-refractivity contribution in [2.75, 3.05) is 17.6 Å². The van der Waals surface area contributed by atoms with Crippen LogP contribution in [0.2, 0.25) is 0 Å². The summed E-state index contributed by atoms with van der Waals surface area (Å²) >= 11 is 1.70. The molecule has 0 aliphatic heterocycles. The number of thioether (sulfide) groups is 1. The van der Waals surface area contributed by atoms with Crippen LogP contribution in [0.15, 0.2) is 29.1 Å². The van der Waals surface area contributed by atoms with E-state index in [1.165, 1.54) is 6.33 Å². The number of aromatic nitrogens is 2. The molecule has 0 aromatic carbocycles. The third-order valence-electron chi connectivity index (χ3n) is 2.45. The third kappa shape index (κ3) is 3.50. The predicted molar refractivity (Wildman–Crippen MR) is 73.2 cm³/mol. The molecule has 0 saturated carbocycles. The molecule has 0 unspecified atom stereocenters. The average molecular weight is 282 g/mol. The maximum absolute atomic E-state index is 10.8. The summed E-state index contributed by atoms with van der Waals surface area (Å²) in [5, 5.41) is 13.8. The molecule has 7 nitrogen and oxygen atoms in total. The van der Waals surface area contributed by atoms with Crippen molar-refractivity contribution in [2.24, 2.45) is 7.05 Å². The Kier molecular flexibility index (Phi) is 4.45. The van der Waals surface area contributed by atoms with Crippen LogP contribution in [0.1, 0.15) is 5.76 Å². The minimum Gasteiger partial charge on any atom is -0.468 e. The number of nitrogens with one attached hydrogen (secondary N) is 1. The predicted octanol–water partition coefficient (Wildman–Crippen LogP) is 2.27. The van der Waals surface area contributed by atoms with Gasteiger partial charge in [0.05, 0.1) is 12.0 Å². The van der Waals surface area contributed by atoms with Crippen molar-refractivity contribution in [3.8, 4) is 0 Å². The van der Waals surface area contributed by atoms with Crippen LogP contribution in [0.5, 0.6) is 0 Å². The van der Waals surface area contributed by atoms with E-state index in [2.05, 4.69) is 10.3 Å². The highest BCUT2D eigenvalue weighted by atomic mass is 32.2. The quantitative estimate of drug-likeness (QED) is 0.476. The van der Waals surface area contributed by atoms with Crippen molar-refractivity contribution < 1.29 is 9.34 Å². The molecule has 1 N–H and O–H groups in total. The first-order valence-electron chi connectivity index (χ1n) is 5.68. The van der Waals surface area contributed by atoms with Crippen molar-refractivity contribution in [3.05, 3.63) is 40.6 Å². The minimum atomic E-state index is -0.488. The van der Waals surface area contributed by atoms with Gasteiger partial charge in [-0.1, -0.05) is 0 Å². The van der Waals surface area contributed by atoms with E-state index in [9.17, 15) is 10.1 Å². The molecule has 102 valence electrons. The highest BCUT2D eigenvalue weighted by molar-refractivity contribution is 7.98. The topological polar surface area (TPSA) is 86.1 Å². The minimum absolute atomic E-state index is 0.140. The Morgan fingerprint density at radius 3 is 3.16 bits per heavy atom. The number of anilines is 1. The summed E-state index contributed by atoms with van der Waals surface area (Å²) in [5.74, 6) is 2.84. The largest absolute Gasteiger partial charge is 0.468 e. The summed E-state index contributed by atoms with van der Waals surface area (Å²) in [7, 11) is 1.72. The zero-order valence-corrected chi connectivity index (χ0v) is 11.2. The van der Waals surface area contributed by atoms with Gasteiger partial charge in [0.2, 0.25) is 12.1 Å². The molecule has 0 fully saturated rings. The van der Waals surface area contributed by atoms with Gasteiger partial charge in [-0.25, -0.2) is 0 Å². The fraction of sp³-hybridized carbons (Fsp3) is 0.364. The third-order valence-corrected chi connectivity index (χ3v) is 3.44. The molecule has 19 heavy (non-hydrogen) atoms. The summed E-state index contributed by atoms with van der Waals surface area (Å²) in [4.78, 5) is 14.0. The molecule has 2 aromatic rings. The van der Waals surface area contributed by atoms with Crippen molar-refractivity contribution >= 4 is 23.4 Å². The van der Waals surface area contributed by atoms with Crippen molar-refractivity contribution in [1.82, 2.24) is 9.55 Å². The van der Waals surface area contributed by atoms with E-state index in [0.717, 1.165) is 17.3 Å². The average Bonchev–Trinajstić information content (AvgIpc) is 2.99. The molecule has 0 aliphatic carbocycles. The maximum Gasteiger partial charge on any atom is 0.406 e. The number of aryl methyl sites for hydroxylation is 1. The SMILES string of the molecule is Cn1cnc([N+](=O)[O-])c1NCCSCc1ccco1. The molecule has 0 saturated heterocycles. The van der Waals surface area contributed by atoms with Crippen LogP contribution in [0.4, 0.5) is 11.6 Å². The van der Waals surface area contributed by atoms with E-state index in [0.29, 0.717) is 12.4 Å². The van der Waals surface area contributed by atoms with Crippen LogP contribution in [-0.2, 0) is 12.8 Å². The highest BCUT2D eigenvalue weighted by Gasteiger charge is 2.19. The number of imidazole rings is 1. The van der Waals surface area contributed by atoms with Gasteiger partial charge in [-0.05, 0) is 22.0 Å². The Balaban J connectivity index is 1.76. The lowest BCUT2D eigenvalue weighted by Crippen LogP contribution is -2.09. The number of hydrogen-bond acceptors (Lipinski definition) is 6. The van der Waals surface area contributed by atoms with E-state index in [4.69, 9.17) is 4.42 Å². The van der Waals surface area contributed by atoms with Crippen molar-refractivity contribution in [3.63, 3.8) is 0 Å². The molecule has 0 aliphatic rings. The van der Waals surface area contributed by atoms with E-state index < -0.39 is 4.92 Å². The first-order valence-corrected chi connectivity index (χ1v) is 6.83. The van der Waals surface area contributed by atoms with Gasteiger partial charge < -0.3 is 19.8 Å². The fourth-order valence-electron chi connectivity index (χ4n) is 1.56. The van der Waals surface area contributed by atoms with Gasteiger partial charge in [0.15, 0.2) is 0 Å². The van der Waals surface area contributed by atoms with Crippen LogP contribution in [0, 0.1) is 10.1 Å². The second-order valence-electron chi connectivity index (χ2n) is 3.84. The van der Waals surface area contributed by atoms with Gasteiger partial charge in [0, 0.05) is 19.3 Å². The highest BCUT2D eigenvalue weighted by Crippen LogP contribution is 2.21. The van der Waals surface area contributed by atoms with Gasteiger partial charge in [0.25, 0.3) is 0 Å². The molecule has 0 amide bonds. The number of hydrogen-bond donors (Lipinski definition) is 1. The number of nitro groups is 1. The summed E-state index contributed by atoms with van der Waals surface area (Å²) in [6.07, 6.45) is 3.07. The first-order chi connectivity index (χ1) is 9.18. The summed E-state index contributed by atoms with van der Waals surface area (Å²) in [6.45, 7) is 0.631. The number of rotatable bonds is 7. The molecule has 0 radical (unpaired) electrons. The summed E-state index contributed by atoms with van der Waals surface area (Å²) in [5.41, 5.74) is 0. The van der Waals surface area contributed by atoms with E-state index in [-0.39, 0.29) is 5.82 Å². The molecule has 0 bridgehead atoms. The smallest absolute Gasteiger partial charge is 0.406 e. The van der Waals surface area contributed by atoms with Crippen LogP contribution < -0.4 is 5.32 Å². The van der Waals surface area contributed by atoms with Crippen molar-refractivity contribution in [1.29, 1.82) is 0 Å². The lowest BCUT2D eigenvalue weighted by atomic mass is 10.5. The Morgan fingerprint density at radius 2 is 2.47 bits per heavy atom.